The van der Waals surface area contributed by atoms with E-state index in [4.69, 9.17) is 21.6 Å². The van der Waals surface area contributed by atoms with Crippen molar-refractivity contribution in [3.05, 3.63) is 59.1 Å². The fraction of sp³-hybridized carbons (Fsp3) is 0.125. The molecule has 0 unspecified atom stereocenters. The fourth-order valence-electron chi connectivity index (χ4n) is 1.68. The molecule has 0 fully saturated rings. The van der Waals surface area contributed by atoms with Crippen molar-refractivity contribution >= 4 is 23.2 Å². The third kappa shape index (κ3) is 4.23. The first-order valence-electron chi connectivity index (χ1n) is 6.32. The number of nitrogens with one attached hydrogen (secondary N) is 1. The molecule has 1 N–H and O–H groups in total. The number of hydrogen-bond acceptors (Lipinski definition) is 3. The van der Waals surface area contributed by atoms with Gasteiger partial charge in [0.1, 0.15) is 5.75 Å². The van der Waals surface area contributed by atoms with E-state index in [1.807, 2.05) is 6.07 Å². The highest BCUT2D eigenvalue weighted by Gasteiger charge is 2.15. The largest absolute Gasteiger partial charge is 0.481 e. The normalized spacial score (nSPS) is 11.3. The van der Waals surface area contributed by atoms with E-state index in [1.54, 1.807) is 55.5 Å². The van der Waals surface area contributed by atoms with Crippen LogP contribution in [0.1, 0.15) is 12.5 Å². The molecule has 0 aliphatic heterocycles. The maximum absolute atomic E-state index is 12.0. The van der Waals surface area contributed by atoms with Gasteiger partial charge in [-0.05, 0) is 49.4 Å². The second-order valence-corrected chi connectivity index (χ2v) is 4.83. The number of anilines is 1. The molecule has 0 saturated carbocycles. The maximum atomic E-state index is 12.0. The summed E-state index contributed by atoms with van der Waals surface area (Å²) in [6.07, 6.45) is -0.670. The first kappa shape index (κ1) is 14.9. The van der Waals surface area contributed by atoms with Crippen LogP contribution >= 0.6 is 11.6 Å². The number of carbonyl (C=O) groups excluding carboxylic acids is 1. The van der Waals surface area contributed by atoms with Gasteiger partial charge in [-0.3, -0.25) is 4.79 Å². The minimum Gasteiger partial charge on any atom is -0.481 e. The lowest BCUT2D eigenvalue weighted by atomic mass is 10.2. The number of nitrogens with zero attached hydrogens (tertiary/aromatic N) is 1. The maximum Gasteiger partial charge on any atom is 0.265 e. The van der Waals surface area contributed by atoms with E-state index in [1.165, 1.54) is 0 Å². The van der Waals surface area contributed by atoms with Gasteiger partial charge in [-0.25, -0.2) is 0 Å². The van der Waals surface area contributed by atoms with Crippen LogP contribution in [0.2, 0.25) is 5.02 Å². The van der Waals surface area contributed by atoms with Gasteiger partial charge < -0.3 is 10.1 Å². The summed E-state index contributed by atoms with van der Waals surface area (Å²) in [7, 11) is 0. The molecular formula is C16H13ClN2O2. The van der Waals surface area contributed by atoms with E-state index in [9.17, 15) is 4.79 Å². The highest BCUT2D eigenvalue weighted by atomic mass is 35.5. The Bertz CT molecular complexity index is 677. The van der Waals surface area contributed by atoms with Crippen LogP contribution in [0.4, 0.5) is 5.69 Å². The molecule has 0 spiro atoms. The molecule has 0 radical (unpaired) electrons. The Hall–Kier alpha value is -2.51. The highest BCUT2D eigenvalue weighted by Crippen LogP contribution is 2.17. The van der Waals surface area contributed by atoms with Gasteiger partial charge in [0.15, 0.2) is 6.10 Å². The molecule has 0 aliphatic rings. The lowest BCUT2D eigenvalue weighted by Crippen LogP contribution is -2.30. The van der Waals surface area contributed by atoms with E-state index in [2.05, 4.69) is 5.32 Å². The number of hydrogen-bond donors (Lipinski definition) is 1. The van der Waals surface area contributed by atoms with Crippen molar-refractivity contribution in [1.29, 1.82) is 5.26 Å². The number of benzene rings is 2. The van der Waals surface area contributed by atoms with Crippen molar-refractivity contribution in [1.82, 2.24) is 0 Å². The number of halogens is 1. The lowest BCUT2D eigenvalue weighted by Gasteiger charge is -2.14. The van der Waals surface area contributed by atoms with E-state index in [0.29, 0.717) is 22.0 Å². The predicted octanol–water partition coefficient (Wildman–Crippen LogP) is 3.62. The number of ether oxygens (including phenoxy) is 1. The van der Waals surface area contributed by atoms with E-state index in [-0.39, 0.29) is 5.91 Å². The third-order valence-corrected chi connectivity index (χ3v) is 3.01. The molecular weight excluding hydrogens is 288 g/mol. The van der Waals surface area contributed by atoms with Crippen LogP contribution in [0.15, 0.2) is 48.5 Å². The van der Waals surface area contributed by atoms with Crippen LogP contribution in [0.3, 0.4) is 0 Å². The predicted molar refractivity (Wildman–Crippen MR) is 81.3 cm³/mol. The van der Waals surface area contributed by atoms with Gasteiger partial charge in [0.25, 0.3) is 5.91 Å². The number of amides is 1. The molecule has 0 heterocycles. The van der Waals surface area contributed by atoms with E-state index < -0.39 is 6.10 Å². The van der Waals surface area contributed by atoms with Crippen molar-refractivity contribution in [2.75, 3.05) is 5.32 Å². The van der Waals surface area contributed by atoms with Crippen molar-refractivity contribution in [2.45, 2.75) is 13.0 Å². The van der Waals surface area contributed by atoms with Crippen LogP contribution in [0, 0.1) is 11.3 Å². The standard InChI is InChI=1S/C16H13ClN2O2/c1-11(21-15-7-5-13(17)6-8-15)16(20)19-14-4-2-3-12(9-14)10-18/h2-9,11H,1H3,(H,19,20)/t11-/m1/s1. The van der Waals surface area contributed by atoms with Crippen molar-refractivity contribution in [3.8, 4) is 11.8 Å². The molecule has 2 rings (SSSR count). The quantitative estimate of drug-likeness (QED) is 0.938. The average molecular weight is 301 g/mol. The zero-order chi connectivity index (χ0) is 15.2. The summed E-state index contributed by atoms with van der Waals surface area (Å²) >= 11 is 5.79. The van der Waals surface area contributed by atoms with Crippen LogP contribution in [0.25, 0.3) is 0 Å². The molecule has 0 saturated heterocycles. The molecule has 1 amide bonds. The van der Waals surface area contributed by atoms with Gasteiger partial charge in [0.2, 0.25) is 0 Å². The smallest absolute Gasteiger partial charge is 0.265 e. The first-order chi connectivity index (χ1) is 10.1. The third-order valence-electron chi connectivity index (χ3n) is 2.75. The second-order valence-electron chi connectivity index (χ2n) is 4.40. The summed E-state index contributed by atoms with van der Waals surface area (Å²) in [5, 5.41) is 12.1. The van der Waals surface area contributed by atoms with Gasteiger partial charge in [-0.15, -0.1) is 0 Å². The first-order valence-corrected chi connectivity index (χ1v) is 6.69. The van der Waals surface area contributed by atoms with Crippen LogP contribution in [0.5, 0.6) is 5.75 Å². The molecule has 1 atom stereocenters. The average Bonchev–Trinajstić information content (AvgIpc) is 2.49. The Morgan fingerprint density at radius 3 is 2.67 bits per heavy atom. The summed E-state index contributed by atoms with van der Waals surface area (Å²) in [5.41, 5.74) is 1.05. The van der Waals surface area contributed by atoms with Crippen LogP contribution in [-0.2, 0) is 4.79 Å². The van der Waals surface area contributed by atoms with Gasteiger partial charge in [0.05, 0.1) is 11.6 Å². The number of rotatable bonds is 4. The summed E-state index contributed by atoms with van der Waals surface area (Å²) < 4.78 is 5.52. The van der Waals surface area contributed by atoms with Gasteiger partial charge >= 0.3 is 0 Å². The Morgan fingerprint density at radius 2 is 2.00 bits per heavy atom. The molecule has 2 aromatic rings. The number of nitriles is 1. The molecule has 5 heteroatoms. The Balaban J connectivity index is 1.99. The number of carbonyl (C=O) groups is 1. The summed E-state index contributed by atoms with van der Waals surface area (Å²) in [6, 6.07) is 15.5. The van der Waals surface area contributed by atoms with Gasteiger partial charge in [0, 0.05) is 10.7 Å². The molecule has 0 aliphatic carbocycles. The van der Waals surface area contributed by atoms with E-state index in [0.717, 1.165) is 0 Å². The molecule has 2 aromatic carbocycles. The van der Waals surface area contributed by atoms with Crippen molar-refractivity contribution < 1.29 is 9.53 Å². The minimum absolute atomic E-state index is 0.292. The topological polar surface area (TPSA) is 62.1 Å². The minimum atomic E-state index is -0.670. The SMILES string of the molecule is C[C@@H](Oc1ccc(Cl)cc1)C(=O)Nc1cccc(C#N)c1. The van der Waals surface area contributed by atoms with Crippen LogP contribution in [-0.4, -0.2) is 12.0 Å². The Labute approximate surface area is 127 Å². The van der Waals surface area contributed by atoms with E-state index >= 15 is 0 Å². The Morgan fingerprint density at radius 1 is 1.29 bits per heavy atom. The summed E-state index contributed by atoms with van der Waals surface area (Å²) in [6.45, 7) is 1.65. The monoisotopic (exact) mass is 300 g/mol. The Kier molecular flexibility index (Phi) is 4.81. The molecule has 21 heavy (non-hydrogen) atoms. The zero-order valence-corrected chi connectivity index (χ0v) is 12.1. The molecule has 4 nitrogen and oxygen atoms in total. The van der Waals surface area contributed by atoms with Crippen LogP contribution < -0.4 is 10.1 Å². The molecule has 0 bridgehead atoms. The van der Waals surface area contributed by atoms with Gasteiger partial charge in [-0.1, -0.05) is 17.7 Å². The zero-order valence-electron chi connectivity index (χ0n) is 11.3. The highest BCUT2D eigenvalue weighted by molar-refractivity contribution is 6.30. The fourth-order valence-corrected chi connectivity index (χ4v) is 1.81. The van der Waals surface area contributed by atoms with Crippen molar-refractivity contribution in [2.24, 2.45) is 0 Å². The molecule has 0 aromatic heterocycles. The lowest BCUT2D eigenvalue weighted by molar-refractivity contribution is -0.122. The second kappa shape index (κ2) is 6.78. The summed E-state index contributed by atoms with van der Waals surface area (Å²) in [5.74, 6) is 0.271. The molecule has 106 valence electrons. The van der Waals surface area contributed by atoms with Gasteiger partial charge in [-0.2, -0.15) is 5.26 Å². The summed E-state index contributed by atoms with van der Waals surface area (Å²) in [4.78, 5) is 12.0. The van der Waals surface area contributed by atoms with Crippen molar-refractivity contribution in [3.63, 3.8) is 0 Å².